The molecule has 36 heavy (non-hydrogen) atoms. The summed E-state index contributed by atoms with van der Waals surface area (Å²) in [6, 6.07) is 18.5. The number of nitrogens with zero attached hydrogens (tertiary/aromatic N) is 3. The van der Waals surface area contributed by atoms with Crippen molar-refractivity contribution >= 4 is 11.6 Å². The van der Waals surface area contributed by atoms with Crippen LogP contribution in [0.1, 0.15) is 24.8 Å². The lowest BCUT2D eigenvalue weighted by Gasteiger charge is -2.26. The van der Waals surface area contributed by atoms with Crippen molar-refractivity contribution in [3.05, 3.63) is 78.5 Å². The second-order valence-electron chi connectivity index (χ2n) is 9.28. The van der Waals surface area contributed by atoms with Crippen molar-refractivity contribution in [3.63, 3.8) is 0 Å². The van der Waals surface area contributed by atoms with Crippen LogP contribution < -0.4 is 15.4 Å². The number of ether oxygens (including phenoxy) is 2. The lowest BCUT2D eigenvalue weighted by Crippen LogP contribution is -2.34. The average molecular weight is 486 g/mol. The molecule has 0 amide bonds. The van der Waals surface area contributed by atoms with Gasteiger partial charge in [-0.25, -0.2) is 9.97 Å². The van der Waals surface area contributed by atoms with E-state index in [1.165, 1.54) is 5.56 Å². The van der Waals surface area contributed by atoms with Gasteiger partial charge in [-0.1, -0.05) is 36.4 Å². The molecule has 6 bridgehead atoms. The highest BCUT2D eigenvalue weighted by Gasteiger charge is 2.14. The van der Waals surface area contributed by atoms with Gasteiger partial charge in [0.05, 0.1) is 25.0 Å². The van der Waals surface area contributed by atoms with Gasteiger partial charge in [-0.15, -0.1) is 0 Å². The molecule has 2 aliphatic heterocycles. The molecule has 1 saturated heterocycles. The number of anilines is 2. The summed E-state index contributed by atoms with van der Waals surface area (Å²) in [5.41, 5.74) is 4.08. The first-order valence-corrected chi connectivity index (χ1v) is 12.9. The van der Waals surface area contributed by atoms with Crippen molar-refractivity contribution in [3.8, 4) is 17.0 Å². The Kier molecular flexibility index (Phi) is 8.57. The standard InChI is InChI=1S/C29H35N5O2/c1-2-16-34(17-19-36-26-10-13-30-14-11-26)22-23-6-4-8-25(20-23)32-29-31-15-12-28(33-29)24-7-5-9-27(21-24)35-18-3-1/h1-2,4-9,12,15,20-21,26,30H,3,10-11,13-14,16-19,22H2,(H,31,32,33). The van der Waals surface area contributed by atoms with E-state index in [1.54, 1.807) is 6.20 Å². The number of aromatic nitrogens is 2. The molecule has 0 atom stereocenters. The van der Waals surface area contributed by atoms with Crippen LogP contribution in [0.25, 0.3) is 11.3 Å². The zero-order chi connectivity index (χ0) is 24.4. The van der Waals surface area contributed by atoms with Crippen molar-refractivity contribution in [2.24, 2.45) is 0 Å². The van der Waals surface area contributed by atoms with Gasteiger partial charge in [0.25, 0.3) is 0 Å². The summed E-state index contributed by atoms with van der Waals surface area (Å²) >= 11 is 0. The third-order valence-electron chi connectivity index (χ3n) is 6.51. The molecular formula is C29H35N5O2. The predicted molar refractivity (Wildman–Crippen MR) is 144 cm³/mol. The topological polar surface area (TPSA) is 71.5 Å². The molecule has 7 nitrogen and oxygen atoms in total. The predicted octanol–water partition coefficient (Wildman–Crippen LogP) is 4.80. The van der Waals surface area contributed by atoms with Crippen LogP contribution >= 0.6 is 0 Å². The van der Waals surface area contributed by atoms with Gasteiger partial charge in [0.15, 0.2) is 0 Å². The SMILES string of the molecule is C1=CCN(CCOC2CCNCC2)Cc2cccc(c2)Nc2nccc(n2)-c2cccc(c2)OCC1. The highest BCUT2D eigenvalue weighted by atomic mass is 16.5. The molecule has 1 aromatic heterocycles. The summed E-state index contributed by atoms with van der Waals surface area (Å²) < 4.78 is 12.2. The fourth-order valence-electron chi connectivity index (χ4n) is 4.59. The Bertz CT molecular complexity index is 1150. The number of rotatable bonds is 4. The maximum Gasteiger partial charge on any atom is 0.227 e. The van der Waals surface area contributed by atoms with Gasteiger partial charge in [-0.3, -0.25) is 4.90 Å². The van der Waals surface area contributed by atoms with Crippen molar-refractivity contribution in [1.29, 1.82) is 0 Å². The molecule has 5 rings (SSSR count). The maximum atomic E-state index is 6.20. The molecule has 0 radical (unpaired) electrons. The Hall–Kier alpha value is -3.26. The Morgan fingerprint density at radius 3 is 2.89 bits per heavy atom. The smallest absolute Gasteiger partial charge is 0.227 e. The van der Waals surface area contributed by atoms with E-state index in [0.717, 1.165) is 81.3 Å². The minimum Gasteiger partial charge on any atom is -0.493 e. The lowest BCUT2D eigenvalue weighted by atomic mass is 10.1. The van der Waals surface area contributed by atoms with Gasteiger partial charge in [-0.05, 0) is 68.2 Å². The normalized spacial score (nSPS) is 17.4. The van der Waals surface area contributed by atoms with Crippen LogP contribution in [0.2, 0.25) is 0 Å². The largest absolute Gasteiger partial charge is 0.493 e. The van der Waals surface area contributed by atoms with E-state index < -0.39 is 0 Å². The molecule has 3 aromatic rings. The van der Waals surface area contributed by atoms with Crippen LogP contribution in [0.3, 0.4) is 0 Å². The van der Waals surface area contributed by atoms with Gasteiger partial charge in [0.2, 0.25) is 5.95 Å². The minimum atomic E-state index is 0.376. The highest BCUT2D eigenvalue weighted by Crippen LogP contribution is 2.24. The summed E-state index contributed by atoms with van der Waals surface area (Å²) in [6.07, 6.45) is 9.67. The first-order valence-electron chi connectivity index (χ1n) is 12.9. The zero-order valence-electron chi connectivity index (χ0n) is 20.7. The molecule has 2 N–H and O–H groups in total. The van der Waals surface area contributed by atoms with Gasteiger partial charge in [0, 0.05) is 37.1 Å². The van der Waals surface area contributed by atoms with Crippen LogP contribution in [0.15, 0.2) is 72.9 Å². The number of fused-ring (bicyclic) bond motifs is 7. The maximum absolute atomic E-state index is 6.20. The summed E-state index contributed by atoms with van der Waals surface area (Å²) in [6.45, 7) is 6.09. The zero-order valence-corrected chi connectivity index (χ0v) is 20.7. The summed E-state index contributed by atoms with van der Waals surface area (Å²) in [4.78, 5) is 11.6. The third kappa shape index (κ3) is 7.13. The second kappa shape index (κ2) is 12.6. The minimum absolute atomic E-state index is 0.376. The molecule has 188 valence electrons. The number of piperidine rings is 1. The van der Waals surface area contributed by atoms with Crippen LogP contribution in [0.4, 0.5) is 11.6 Å². The van der Waals surface area contributed by atoms with Crippen molar-refractivity contribution in [2.45, 2.75) is 31.9 Å². The van der Waals surface area contributed by atoms with Crippen molar-refractivity contribution in [2.75, 3.05) is 44.7 Å². The quantitative estimate of drug-likeness (QED) is 0.515. The van der Waals surface area contributed by atoms with Crippen LogP contribution in [-0.2, 0) is 11.3 Å². The Labute approximate surface area is 213 Å². The fourth-order valence-corrected chi connectivity index (χ4v) is 4.59. The monoisotopic (exact) mass is 485 g/mol. The Morgan fingerprint density at radius 1 is 1.03 bits per heavy atom. The van der Waals surface area contributed by atoms with E-state index in [4.69, 9.17) is 14.5 Å². The van der Waals surface area contributed by atoms with Gasteiger partial charge < -0.3 is 20.1 Å². The van der Waals surface area contributed by atoms with Crippen molar-refractivity contribution in [1.82, 2.24) is 20.2 Å². The van der Waals surface area contributed by atoms with E-state index in [-0.39, 0.29) is 0 Å². The van der Waals surface area contributed by atoms with Crippen LogP contribution in [-0.4, -0.2) is 60.4 Å². The molecule has 1 fully saturated rings. The van der Waals surface area contributed by atoms with E-state index in [2.05, 4.69) is 56.9 Å². The molecule has 0 unspecified atom stereocenters. The summed E-state index contributed by atoms with van der Waals surface area (Å²) in [5.74, 6) is 1.42. The second-order valence-corrected chi connectivity index (χ2v) is 9.28. The number of nitrogens with one attached hydrogen (secondary N) is 2. The van der Waals surface area contributed by atoms with Crippen molar-refractivity contribution < 1.29 is 9.47 Å². The van der Waals surface area contributed by atoms with Crippen LogP contribution in [0, 0.1) is 0 Å². The fraction of sp³-hybridized carbons (Fsp3) is 0.379. The summed E-state index contributed by atoms with van der Waals surface area (Å²) in [7, 11) is 0. The van der Waals surface area contributed by atoms with Gasteiger partial charge in [0.1, 0.15) is 5.75 Å². The molecule has 0 saturated carbocycles. The molecule has 0 aliphatic carbocycles. The first-order chi connectivity index (χ1) is 17.8. The Morgan fingerprint density at radius 2 is 1.94 bits per heavy atom. The number of hydrogen-bond donors (Lipinski definition) is 2. The number of hydrogen-bond acceptors (Lipinski definition) is 7. The van der Waals surface area contributed by atoms with E-state index in [9.17, 15) is 0 Å². The molecular weight excluding hydrogens is 450 g/mol. The van der Waals surface area contributed by atoms with E-state index in [1.807, 2.05) is 30.3 Å². The molecule has 7 heteroatoms. The Balaban J connectivity index is 1.33. The average Bonchev–Trinajstić information content (AvgIpc) is 2.91. The van der Waals surface area contributed by atoms with Gasteiger partial charge in [-0.2, -0.15) is 0 Å². The van der Waals surface area contributed by atoms with E-state index in [0.29, 0.717) is 18.7 Å². The van der Waals surface area contributed by atoms with E-state index >= 15 is 0 Å². The van der Waals surface area contributed by atoms with Gasteiger partial charge >= 0.3 is 0 Å². The third-order valence-corrected chi connectivity index (χ3v) is 6.51. The lowest BCUT2D eigenvalue weighted by molar-refractivity contribution is 0.0206. The molecule has 2 aromatic carbocycles. The molecule has 2 aliphatic rings. The highest BCUT2D eigenvalue weighted by molar-refractivity contribution is 5.63. The first kappa shape index (κ1) is 24.4. The molecule has 0 spiro atoms. The number of benzene rings is 2. The summed E-state index contributed by atoms with van der Waals surface area (Å²) in [5, 5.41) is 6.78. The van der Waals surface area contributed by atoms with Crippen LogP contribution in [0.5, 0.6) is 5.75 Å². The molecule has 3 heterocycles.